The maximum Gasteiger partial charge on any atom is 0.246 e. The van der Waals surface area contributed by atoms with Crippen LogP contribution in [0.4, 0.5) is 24.7 Å². The van der Waals surface area contributed by atoms with Gasteiger partial charge in [-0.3, -0.25) is 4.79 Å². The highest BCUT2D eigenvalue weighted by Crippen LogP contribution is 2.36. The summed E-state index contributed by atoms with van der Waals surface area (Å²) < 4.78 is 45.5. The van der Waals surface area contributed by atoms with Crippen LogP contribution in [0.1, 0.15) is 31.3 Å². The summed E-state index contributed by atoms with van der Waals surface area (Å²) in [5.41, 5.74) is 1.33. The SMILES string of the molecule is Cc1nc(CC2CC(Oc3cc(F)c(F)cc3F)C2)nc2c1NC(=O)[C@H](C)N2C. The summed E-state index contributed by atoms with van der Waals surface area (Å²) in [6.45, 7) is 3.63. The molecule has 1 aromatic carbocycles. The number of nitrogens with zero attached hydrogens (tertiary/aromatic N) is 3. The van der Waals surface area contributed by atoms with Crippen LogP contribution in [0.25, 0.3) is 0 Å². The second-order valence-electron chi connectivity index (χ2n) is 7.68. The number of nitrogens with one attached hydrogen (secondary N) is 1. The van der Waals surface area contributed by atoms with Crippen molar-refractivity contribution < 1.29 is 22.7 Å². The highest BCUT2D eigenvalue weighted by molar-refractivity contribution is 6.02. The number of hydrogen-bond donors (Lipinski definition) is 1. The van der Waals surface area contributed by atoms with Gasteiger partial charge >= 0.3 is 0 Å². The Morgan fingerprint density at radius 2 is 1.86 bits per heavy atom. The second kappa shape index (κ2) is 7.20. The number of likely N-dealkylation sites (N-methyl/N-ethyl adjacent to an activating group) is 1. The molecule has 1 N–H and O–H groups in total. The van der Waals surface area contributed by atoms with Crippen molar-refractivity contribution in [3.05, 3.63) is 41.1 Å². The van der Waals surface area contributed by atoms with Crippen molar-refractivity contribution in [1.82, 2.24) is 9.97 Å². The number of halogens is 3. The van der Waals surface area contributed by atoms with E-state index in [0.29, 0.717) is 48.4 Å². The van der Waals surface area contributed by atoms with Crippen LogP contribution in [0.3, 0.4) is 0 Å². The summed E-state index contributed by atoms with van der Waals surface area (Å²) in [4.78, 5) is 22.9. The van der Waals surface area contributed by atoms with E-state index in [2.05, 4.69) is 15.3 Å². The zero-order chi connectivity index (χ0) is 20.9. The molecule has 1 aromatic heterocycles. The van der Waals surface area contributed by atoms with Crippen molar-refractivity contribution in [3.8, 4) is 5.75 Å². The minimum Gasteiger partial charge on any atom is -0.487 e. The molecule has 0 spiro atoms. The Hall–Kier alpha value is -2.84. The summed E-state index contributed by atoms with van der Waals surface area (Å²) >= 11 is 0. The zero-order valence-electron chi connectivity index (χ0n) is 16.3. The highest BCUT2D eigenvalue weighted by atomic mass is 19.2. The zero-order valence-corrected chi connectivity index (χ0v) is 16.3. The summed E-state index contributed by atoms with van der Waals surface area (Å²) in [7, 11) is 1.82. The van der Waals surface area contributed by atoms with Gasteiger partial charge in [0.25, 0.3) is 0 Å². The van der Waals surface area contributed by atoms with Crippen LogP contribution in [0, 0.1) is 30.3 Å². The molecule has 29 heavy (non-hydrogen) atoms. The molecule has 0 saturated heterocycles. The number of carbonyl (C=O) groups excluding carboxylic acids is 1. The lowest BCUT2D eigenvalue weighted by atomic mass is 9.80. The quantitative estimate of drug-likeness (QED) is 0.789. The molecule has 1 fully saturated rings. The van der Waals surface area contributed by atoms with Crippen molar-refractivity contribution in [2.45, 2.75) is 45.3 Å². The standard InChI is InChI=1S/C20H21F3N4O2/c1-9-18-19(27(3)10(2)20(28)26-18)25-17(24-9)6-11-4-12(5-11)29-16-8-14(22)13(21)7-15(16)23/h7-8,10-12H,4-6H2,1-3H3,(H,26,28)/t10-,11?,12?/m0/s1. The summed E-state index contributed by atoms with van der Waals surface area (Å²) in [6, 6.07) is 0.900. The molecule has 2 heterocycles. The number of ether oxygens (including phenoxy) is 1. The van der Waals surface area contributed by atoms with Crippen molar-refractivity contribution in [2.75, 3.05) is 17.3 Å². The lowest BCUT2D eigenvalue weighted by Crippen LogP contribution is -2.45. The van der Waals surface area contributed by atoms with E-state index in [-0.39, 0.29) is 29.7 Å². The normalized spacial score (nSPS) is 23.3. The first-order valence-corrected chi connectivity index (χ1v) is 9.45. The van der Waals surface area contributed by atoms with Crippen LogP contribution in [0.5, 0.6) is 5.75 Å². The summed E-state index contributed by atoms with van der Waals surface area (Å²) in [5.74, 6) is -2.07. The first-order chi connectivity index (χ1) is 13.7. The first-order valence-electron chi connectivity index (χ1n) is 9.45. The van der Waals surface area contributed by atoms with Crippen molar-refractivity contribution in [1.29, 1.82) is 0 Å². The lowest BCUT2D eigenvalue weighted by molar-refractivity contribution is -0.117. The van der Waals surface area contributed by atoms with Gasteiger partial charge in [-0.15, -0.1) is 0 Å². The third-order valence-electron chi connectivity index (χ3n) is 5.59. The molecule has 2 aromatic rings. The molecule has 9 heteroatoms. The van der Waals surface area contributed by atoms with Crippen LogP contribution in [-0.4, -0.2) is 35.1 Å². The van der Waals surface area contributed by atoms with Gasteiger partial charge in [-0.2, -0.15) is 0 Å². The van der Waals surface area contributed by atoms with Gasteiger partial charge in [-0.25, -0.2) is 23.1 Å². The van der Waals surface area contributed by atoms with E-state index in [9.17, 15) is 18.0 Å². The van der Waals surface area contributed by atoms with Crippen molar-refractivity contribution in [2.24, 2.45) is 5.92 Å². The first kappa shape index (κ1) is 19.5. The largest absolute Gasteiger partial charge is 0.487 e. The molecule has 0 radical (unpaired) electrons. The molecule has 4 rings (SSSR count). The maximum atomic E-state index is 13.7. The topological polar surface area (TPSA) is 67.4 Å². The van der Waals surface area contributed by atoms with Gasteiger partial charge in [-0.1, -0.05) is 0 Å². The van der Waals surface area contributed by atoms with Gasteiger partial charge in [0.2, 0.25) is 5.91 Å². The van der Waals surface area contributed by atoms with E-state index in [1.165, 1.54) is 0 Å². The molecule has 1 saturated carbocycles. The summed E-state index contributed by atoms with van der Waals surface area (Å²) in [6.07, 6.45) is 1.63. The average molecular weight is 406 g/mol. The molecule has 6 nitrogen and oxygen atoms in total. The van der Waals surface area contributed by atoms with Crippen molar-refractivity contribution in [3.63, 3.8) is 0 Å². The third-order valence-corrected chi connectivity index (χ3v) is 5.59. The van der Waals surface area contributed by atoms with Crippen LogP contribution in [0.2, 0.25) is 0 Å². The number of rotatable bonds is 4. The van der Waals surface area contributed by atoms with Gasteiger partial charge in [0.1, 0.15) is 17.6 Å². The number of aromatic nitrogens is 2. The molecule has 0 bridgehead atoms. The smallest absolute Gasteiger partial charge is 0.246 e. The minimum atomic E-state index is -1.24. The Morgan fingerprint density at radius 3 is 2.59 bits per heavy atom. The molecule has 2 aliphatic rings. The number of aryl methyl sites for hydroxylation is 1. The van der Waals surface area contributed by atoms with E-state index in [1.54, 1.807) is 6.92 Å². The van der Waals surface area contributed by atoms with Crippen molar-refractivity contribution >= 4 is 17.4 Å². The number of fused-ring (bicyclic) bond motifs is 1. The lowest BCUT2D eigenvalue weighted by Gasteiger charge is -2.36. The van der Waals surface area contributed by atoms with Gasteiger partial charge in [-0.05, 0) is 32.6 Å². The van der Waals surface area contributed by atoms with Gasteiger partial charge < -0.3 is 15.0 Å². The number of amides is 1. The Morgan fingerprint density at radius 1 is 1.17 bits per heavy atom. The molecule has 154 valence electrons. The number of anilines is 2. The Bertz CT molecular complexity index is 979. The van der Waals surface area contributed by atoms with Gasteiger partial charge in [0.15, 0.2) is 29.0 Å². The molecule has 1 atom stereocenters. The second-order valence-corrected chi connectivity index (χ2v) is 7.68. The van der Waals surface area contributed by atoms with E-state index in [4.69, 9.17) is 4.74 Å². The fourth-order valence-electron chi connectivity index (χ4n) is 3.66. The van der Waals surface area contributed by atoms with Crippen LogP contribution < -0.4 is 15.0 Å². The van der Waals surface area contributed by atoms with Crippen LogP contribution in [-0.2, 0) is 11.2 Å². The molecule has 0 unspecified atom stereocenters. The van der Waals surface area contributed by atoms with Gasteiger partial charge in [0.05, 0.1) is 11.8 Å². The van der Waals surface area contributed by atoms with Crippen LogP contribution >= 0.6 is 0 Å². The minimum absolute atomic E-state index is 0.0945. The Kier molecular flexibility index (Phi) is 4.84. The Labute approximate surface area is 166 Å². The molecular weight excluding hydrogens is 385 g/mol. The molecule has 1 aliphatic heterocycles. The fraction of sp³-hybridized carbons (Fsp3) is 0.450. The number of benzene rings is 1. The third kappa shape index (κ3) is 3.61. The van der Waals surface area contributed by atoms with E-state index in [0.717, 1.165) is 6.07 Å². The Balaban J connectivity index is 1.40. The molecule has 1 aliphatic carbocycles. The predicted molar refractivity (Wildman–Crippen MR) is 100 cm³/mol. The van der Waals surface area contributed by atoms with E-state index in [1.807, 2.05) is 18.9 Å². The monoisotopic (exact) mass is 406 g/mol. The number of hydrogen-bond acceptors (Lipinski definition) is 5. The van der Waals surface area contributed by atoms with Gasteiger partial charge in [0, 0.05) is 25.6 Å². The summed E-state index contributed by atoms with van der Waals surface area (Å²) in [5, 5.41) is 2.85. The van der Waals surface area contributed by atoms with E-state index < -0.39 is 17.5 Å². The maximum absolute atomic E-state index is 13.7. The molecule has 1 amide bonds. The predicted octanol–water partition coefficient (Wildman–Crippen LogP) is 3.38. The number of carbonyl (C=O) groups is 1. The average Bonchev–Trinajstić information content (AvgIpc) is 2.63. The van der Waals surface area contributed by atoms with E-state index >= 15 is 0 Å². The van der Waals surface area contributed by atoms with Crippen LogP contribution in [0.15, 0.2) is 12.1 Å². The molecular formula is C20H21F3N4O2. The fourth-order valence-corrected chi connectivity index (χ4v) is 3.66. The highest BCUT2D eigenvalue weighted by Gasteiger charge is 2.34.